The van der Waals surface area contributed by atoms with Crippen LogP contribution in [0, 0.1) is 13.8 Å². The minimum absolute atomic E-state index is 0.246. The van der Waals surface area contributed by atoms with Gasteiger partial charge in [-0.25, -0.2) is 0 Å². The fraction of sp³-hybridized carbons (Fsp3) is 0.129. The van der Waals surface area contributed by atoms with Crippen molar-refractivity contribution >= 4 is 51.4 Å². The Morgan fingerprint density at radius 1 is 0.947 bits per heavy atom. The molecular formula is C31H26N2O4S. The molecular weight excluding hydrogens is 496 g/mol. The number of nitrogens with zero attached hydrogens (tertiary/aromatic N) is 1. The molecule has 1 heterocycles. The molecule has 1 aliphatic heterocycles. The van der Waals surface area contributed by atoms with Crippen LogP contribution < -0.4 is 10.1 Å². The highest BCUT2D eigenvalue weighted by atomic mass is 32.2. The zero-order valence-electron chi connectivity index (χ0n) is 21.1. The molecule has 3 amide bonds. The summed E-state index contributed by atoms with van der Waals surface area (Å²) in [6.45, 7) is 3.82. The lowest BCUT2D eigenvalue weighted by Gasteiger charge is -2.14. The van der Waals surface area contributed by atoms with Gasteiger partial charge in [0.1, 0.15) is 18.9 Å². The van der Waals surface area contributed by atoms with E-state index in [-0.39, 0.29) is 11.4 Å². The van der Waals surface area contributed by atoms with Crippen LogP contribution in [-0.2, 0) is 16.2 Å². The minimum atomic E-state index is -0.500. The van der Waals surface area contributed by atoms with Gasteiger partial charge in [0.15, 0.2) is 0 Å². The summed E-state index contributed by atoms with van der Waals surface area (Å²) in [5.41, 5.74) is 4.29. The van der Waals surface area contributed by atoms with Crippen molar-refractivity contribution in [2.75, 3.05) is 11.9 Å². The van der Waals surface area contributed by atoms with E-state index in [9.17, 15) is 14.4 Å². The second kappa shape index (κ2) is 10.9. The summed E-state index contributed by atoms with van der Waals surface area (Å²) in [7, 11) is 0. The molecule has 5 rings (SSSR count). The quantitative estimate of drug-likeness (QED) is 0.273. The van der Waals surface area contributed by atoms with Crippen LogP contribution in [0.1, 0.15) is 22.3 Å². The van der Waals surface area contributed by atoms with Gasteiger partial charge in [-0.3, -0.25) is 19.3 Å². The van der Waals surface area contributed by atoms with Gasteiger partial charge >= 0.3 is 0 Å². The standard InChI is InChI=1S/C31H26N2O4S/c1-20-14-15-21(2)26(16-20)32-29(34)18-33-30(35)28(38-31(33)36)17-23-9-4-6-13-27(23)37-19-24-11-7-10-22-8-3-5-12-25(22)24/h3-17H,18-19H2,1-2H3,(H,32,34)/b28-17-. The van der Waals surface area contributed by atoms with Crippen LogP contribution in [0.25, 0.3) is 16.8 Å². The van der Waals surface area contributed by atoms with E-state index in [0.717, 1.165) is 44.1 Å². The highest BCUT2D eigenvalue weighted by molar-refractivity contribution is 8.18. The number of para-hydroxylation sites is 1. The molecule has 0 aromatic heterocycles. The van der Waals surface area contributed by atoms with Crippen molar-refractivity contribution in [3.63, 3.8) is 0 Å². The number of hydrogen-bond donors (Lipinski definition) is 1. The molecule has 6 nitrogen and oxygen atoms in total. The first-order valence-corrected chi connectivity index (χ1v) is 13.0. The van der Waals surface area contributed by atoms with Crippen LogP contribution >= 0.6 is 11.8 Å². The van der Waals surface area contributed by atoms with Crippen molar-refractivity contribution in [2.24, 2.45) is 0 Å². The number of fused-ring (bicyclic) bond motifs is 1. The Bertz CT molecular complexity index is 1590. The van der Waals surface area contributed by atoms with Crippen LogP contribution in [0.5, 0.6) is 5.75 Å². The van der Waals surface area contributed by atoms with Gasteiger partial charge in [0.05, 0.1) is 4.91 Å². The Kier molecular flexibility index (Phi) is 7.29. The molecule has 1 aliphatic rings. The highest BCUT2D eigenvalue weighted by Gasteiger charge is 2.36. The Balaban J connectivity index is 1.30. The molecule has 4 aromatic rings. The van der Waals surface area contributed by atoms with Crippen molar-refractivity contribution in [3.05, 3.63) is 112 Å². The van der Waals surface area contributed by atoms with Crippen LogP contribution in [0.15, 0.2) is 89.8 Å². The molecule has 4 aromatic carbocycles. The summed E-state index contributed by atoms with van der Waals surface area (Å²) < 4.78 is 6.15. The smallest absolute Gasteiger partial charge is 0.294 e. The van der Waals surface area contributed by atoms with Gasteiger partial charge < -0.3 is 10.1 Å². The number of thioether (sulfide) groups is 1. The molecule has 7 heteroatoms. The van der Waals surface area contributed by atoms with Gasteiger partial charge in [-0.15, -0.1) is 0 Å². The van der Waals surface area contributed by atoms with Gasteiger partial charge in [-0.2, -0.15) is 0 Å². The number of ether oxygens (including phenoxy) is 1. The normalized spacial score (nSPS) is 14.4. The molecule has 0 unspecified atom stereocenters. The lowest BCUT2D eigenvalue weighted by atomic mass is 10.1. The molecule has 1 saturated heterocycles. The van der Waals surface area contributed by atoms with Gasteiger partial charge in [0, 0.05) is 11.3 Å². The third kappa shape index (κ3) is 5.48. The van der Waals surface area contributed by atoms with Gasteiger partial charge in [-0.05, 0) is 71.3 Å². The number of imide groups is 1. The van der Waals surface area contributed by atoms with Crippen LogP contribution in [0.4, 0.5) is 10.5 Å². The molecule has 0 spiro atoms. The van der Waals surface area contributed by atoms with Crippen molar-refractivity contribution < 1.29 is 19.1 Å². The third-order valence-corrected chi connectivity index (χ3v) is 7.22. The van der Waals surface area contributed by atoms with Crippen LogP contribution in [0.2, 0.25) is 0 Å². The molecule has 1 fully saturated rings. The Morgan fingerprint density at radius 3 is 2.58 bits per heavy atom. The molecule has 0 saturated carbocycles. The maximum absolute atomic E-state index is 13.1. The lowest BCUT2D eigenvalue weighted by Crippen LogP contribution is -2.36. The first kappa shape index (κ1) is 25.3. The summed E-state index contributed by atoms with van der Waals surface area (Å²) in [6, 6.07) is 27.3. The number of anilines is 1. The van der Waals surface area contributed by atoms with E-state index in [4.69, 9.17) is 4.74 Å². The number of hydrogen-bond acceptors (Lipinski definition) is 5. The summed E-state index contributed by atoms with van der Waals surface area (Å²) in [6.07, 6.45) is 1.64. The van der Waals surface area contributed by atoms with E-state index >= 15 is 0 Å². The average Bonchev–Trinajstić information content (AvgIpc) is 3.17. The van der Waals surface area contributed by atoms with E-state index in [1.807, 2.05) is 80.6 Å². The second-order valence-electron chi connectivity index (χ2n) is 9.10. The van der Waals surface area contributed by atoms with Crippen molar-refractivity contribution in [2.45, 2.75) is 20.5 Å². The molecule has 1 N–H and O–H groups in total. The monoisotopic (exact) mass is 522 g/mol. The van der Waals surface area contributed by atoms with Gasteiger partial charge in [0.2, 0.25) is 5.91 Å². The van der Waals surface area contributed by atoms with Crippen LogP contribution in [0.3, 0.4) is 0 Å². The van der Waals surface area contributed by atoms with Crippen molar-refractivity contribution in [1.29, 1.82) is 0 Å². The summed E-state index contributed by atoms with van der Waals surface area (Å²) in [5, 5.41) is 4.58. The number of carbonyl (C=O) groups excluding carboxylic acids is 3. The summed E-state index contributed by atoms with van der Waals surface area (Å²) in [5.74, 6) is -0.332. The average molecular weight is 523 g/mol. The summed E-state index contributed by atoms with van der Waals surface area (Å²) in [4.78, 5) is 39.6. The maximum atomic E-state index is 13.1. The number of carbonyl (C=O) groups is 3. The molecule has 0 bridgehead atoms. The number of amides is 3. The van der Waals surface area contributed by atoms with Crippen LogP contribution in [-0.4, -0.2) is 28.5 Å². The fourth-order valence-corrected chi connectivity index (χ4v) is 5.12. The number of nitrogens with one attached hydrogen (secondary N) is 1. The minimum Gasteiger partial charge on any atom is -0.488 e. The predicted molar refractivity (Wildman–Crippen MR) is 152 cm³/mol. The highest BCUT2D eigenvalue weighted by Crippen LogP contribution is 2.34. The second-order valence-corrected chi connectivity index (χ2v) is 10.1. The maximum Gasteiger partial charge on any atom is 0.294 e. The van der Waals surface area contributed by atoms with E-state index in [1.165, 1.54) is 0 Å². The zero-order valence-corrected chi connectivity index (χ0v) is 21.9. The Labute approximate surface area is 225 Å². The lowest BCUT2D eigenvalue weighted by molar-refractivity contribution is -0.127. The fourth-order valence-electron chi connectivity index (χ4n) is 4.29. The molecule has 38 heavy (non-hydrogen) atoms. The van der Waals surface area contributed by atoms with Gasteiger partial charge in [0.25, 0.3) is 11.1 Å². The topological polar surface area (TPSA) is 75.7 Å². The molecule has 0 radical (unpaired) electrons. The van der Waals surface area contributed by atoms with E-state index < -0.39 is 17.1 Å². The predicted octanol–water partition coefficient (Wildman–Crippen LogP) is 6.71. The first-order valence-electron chi connectivity index (χ1n) is 12.2. The van der Waals surface area contributed by atoms with E-state index in [0.29, 0.717) is 23.6 Å². The number of rotatable bonds is 7. The Morgan fingerprint density at radius 2 is 1.71 bits per heavy atom. The SMILES string of the molecule is Cc1ccc(C)c(NC(=O)CN2C(=O)S/C(=C\c3ccccc3OCc3cccc4ccccc34)C2=O)c1. The van der Waals surface area contributed by atoms with E-state index in [2.05, 4.69) is 23.5 Å². The summed E-state index contributed by atoms with van der Waals surface area (Å²) >= 11 is 0.819. The van der Waals surface area contributed by atoms with Crippen molar-refractivity contribution in [1.82, 2.24) is 4.90 Å². The van der Waals surface area contributed by atoms with Gasteiger partial charge in [-0.1, -0.05) is 72.8 Å². The van der Waals surface area contributed by atoms with Crippen molar-refractivity contribution in [3.8, 4) is 5.75 Å². The third-order valence-electron chi connectivity index (χ3n) is 6.31. The first-order chi connectivity index (χ1) is 18.4. The molecule has 0 aliphatic carbocycles. The Hall–Kier alpha value is -4.36. The molecule has 190 valence electrons. The number of aryl methyl sites for hydroxylation is 2. The zero-order chi connectivity index (χ0) is 26.6. The molecule has 0 atom stereocenters. The number of benzene rings is 4. The van der Waals surface area contributed by atoms with E-state index in [1.54, 1.807) is 6.08 Å². The largest absolute Gasteiger partial charge is 0.488 e.